The molecular weight excluding hydrogens is 370 g/mol. The first kappa shape index (κ1) is 18.4. The number of nitrogens with zero attached hydrogens (tertiary/aromatic N) is 2. The summed E-state index contributed by atoms with van der Waals surface area (Å²) in [4.78, 5) is 32.6. The van der Waals surface area contributed by atoms with Crippen LogP contribution in [0.25, 0.3) is 10.6 Å². The largest absolute Gasteiger partial charge is 0.343 e. The van der Waals surface area contributed by atoms with Crippen LogP contribution in [0.3, 0.4) is 0 Å². The molecule has 1 N–H and O–H groups in total. The maximum absolute atomic E-state index is 12.7. The number of amides is 2. The first-order valence-electron chi connectivity index (χ1n) is 9.31. The number of benzene rings is 1. The van der Waals surface area contributed by atoms with Gasteiger partial charge in [-0.25, -0.2) is 0 Å². The van der Waals surface area contributed by atoms with Gasteiger partial charge in [-0.15, -0.1) is 11.3 Å². The molecule has 0 aliphatic carbocycles. The van der Waals surface area contributed by atoms with E-state index >= 15 is 0 Å². The summed E-state index contributed by atoms with van der Waals surface area (Å²) in [5.74, 6) is -0.373. The Balaban J connectivity index is 1.43. The Labute approximate surface area is 168 Å². The highest BCUT2D eigenvalue weighted by Crippen LogP contribution is 2.27. The molecule has 2 amide bonds. The van der Waals surface area contributed by atoms with Gasteiger partial charge in [0, 0.05) is 12.2 Å². The molecule has 28 heavy (non-hydrogen) atoms. The first-order chi connectivity index (χ1) is 13.6. The van der Waals surface area contributed by atoms with Crippen LogP contribution in [0.5, 0.6) is 0 Å². The fourth-order valence-electron chi connectivity index (χ4n) is 3.50. The molecular formula is C22H21N3O2S. The molecule has 4 rings (SSSR count). The number of fused-ring (bicyclic) bond motifs is 1. The van der Waals surface area contributed by atoms with Gasteiger partial charge in [-0.3, -0.25) is 14.6 Å². The van der Waals surface area contributed by atoms with E-state index in [2.05, 4.69) is 16.4 Å². The number of pyridine rings is 1. The van der Waals surface area contributed by atoms with E-state index in [9.17, 15) is 9.59 Å². The van der Waals surface area contributed by atoms with Gasteiger partial charge in [0.05, 0.1) is 28.4 Å². The van der Waals surface area contributed by atoms with E-state index in [0.29, 0.717) is 17.8 Å². The summed E-state index contributed by atoms with van der Waals surface area (Å²) in [5, 5.41) is 4.75. The Kier molecular flexibility index (Phi) is 5.21. The monoisotopic (exact) mass is 391 g/mol. The number of rotatable bonds is 4. The predicted molar refractivity (Wildman–Crippen MR) is 112 cm³/mol. The third-order valence-electron chi connectivity index (χ3n) is 4.92. The van der Waals surface area contributed by atoms with Crippen molar-refractivity contribution < 1.29 is 9.59 Å². The average molecular weight is 391 g/mol. The van der Waals surface area contributed by atoms with Crippen molar-refractivity contribution in [2.45, 2.75) is 19.8 Å². The Bertz CT molecular complexity index is 1010. The van der Waals surface area contributed by atoms with E-state index < -0.39 is 0 Å². The van der Waals surface area contributed by atoms with Crippen molar-refractivity contribution in [1.82, 2.24) is 10.3 Å². The van der Waals surface area contributed by atoms with E-state index in [4.69, 9.17) is 0 Å². The van der Waals surface area contributed by atoms with Gasteiger partial charge in [-0.1, -0.05) is 24.3 Å². The number of aromatic nitrogens is 1. The minimum atomic E-state index is -0.277. The van der Waals surface area contributed by atoms with Crippen LogP contribution in [0.2, 0.25) is 0 Å². The lowest BCUT2D eigenvalue weighted by Gasteiger charge is -2.29. The molecule has 3 heterocycles. The van der Waals surface area contributed by atoms with Crippen LogP contribution in [0.15, 0.2) is 53.9 Å². The zero-order chi connectivity index (χ0) is 19.5. The van der Waals surface area contributed by atoms with Gasteiger partial charge in [0.25, 0.3) is 5.91 Å². The molecule has 6 heteroatoms. The average Bonchev–Trinajstić information content (AvgIpc) is 3.26. The van der Waals surface area contributed by atoms with Crippen molar-refractivity contribution in [2.24, 2.45) is 0 Å². The molecule has 3 aromatic rings. The second-order valence-electron chi connectivity index (χ2n) is 6.77. The molecule has 0 saturated heterocycles. The summed E-state index contributed by atoms with van der Waals surface area (Å²) in [6.07, 6.45) is 1.91. The van der Waals surface area contributed by atoms with Crippen LogP contribution >= 0.6 is 11.3 Å². The lowest BCUT2D eigenvalue weighted by Crippen LogP contribution is -2.42. The zero-order valence-corrected chi connectivity index (χ0v) is 16.5. The Morgan fingerprint density at radius 1 is 1.14 bits per heavy atom. The molecule has 142 valence electrons. The summed E-state index contributed by atoms with van der Waals surface area (Å²) >= 11 is 1.61. The van der Waals surface area contributed by atoms with Gasteiger partial charge in [-0.2, -0.15) is 0 Å². The number of hydrogen-bond donors (Lipinski definition) is 1. The van der Waals surface area contributed by atoms with Gasteiger partial charge in [0.2, 0.25) is 5.91 Å². The zero-order valence-electron chi connectivity index (χ0n) is 15.6. The highest BCUT2D eigenvalue weighted by Gasteiger charge is 2.22. The van der Waals surface area contributed by atoms with Crippen LogP contribution in [0.1, 0.15) is 28.0 Å². The normalized spacial score (nSPS) is 13.1. The summed E-state index contributed by atoms with van der Waals surface area (Å²) in [6, 6.07) is 15.5. The van der Waals surface area contributed by atoms with Crippen molar-refractivity contribution in [3.63, 3.8) is 0 Å². The number of para-hydroxylation sites is 1. The Hall–Kier alpha value is -2.99. The van der Waals surface area contributed by atoms with E-state index in [0.717, 1.165) is 29.1 Å². The van der Waals surface area contributed by atoms with Crippen LogP contribution in [0.4, 0.5) is 5.69 Å². The number of aryl methyl sites for hydroxylation is 2. The number of hydrogen-bond acceptors (Lipinski definition) is 4. The molecule has 2 aromatic heterocycles. The van der Waals surface area contributed by atoms with Crippen molar-refractivity contribution >= 4 is 28.8 Å². The fraction of sp³-hybridized carbons (Fsp3) is 0.227. The van der Waals surface area contributed by atoms with Gasteiger partial charge in [0.15, 0.2) is 0 Å². The highest BCUT2D eigenvalue weighted by molar-refractivity contribution is 7.13. The van der Waals surface area contributed by atoms with Gasteiger partial charge in [-0.05, 0) is 55.0 Å². The van der Waals surface area contributed by atoms with E-state index in [1.807, 2.05) is 48.7 Å². The number of anilines is 1. The SMILES string of the molecule is Cc1nc(-c2cccs2)ccc1C(=O)NCC(=O)N1CCCc2ccccc21. The molecule has 0 unspecified atom stereocenters. The molecule has 0 spiro atoms. The summed E-state index contributed by atoms with van der Waals surface area (Å²) in [6.45, 7) is 2.47. The minimum Gasteiger partial charge on any atom is -0.343 e. The second-order valence-corrected chi connectivity index (χ2v) is 7.71. The predicted octanol–water partition coefficient (Wildman–Crippen LogP) is 3.83. The van der Waals surface area contributed by atoms with Gasteiger partial charge < -0.3 is 10.2 Å². The van der Waals surface area contributed by atoms with Gasteiger partial charge >= 0.3 is 0 Å². The molecule has 0 radical (unpaired) electrons. The summed E-state index contributed by atoms with van der Waals surface area (Å²) in [7, 11) is 0. The molecule has 5 nitrogen and oxygen atoms in total. The second kappa shape index (κ2) is 7.94. The standard InChI is InChI=1S/C22H21N3O2S/c1-15-17(10-11-18(24-15)20-9-5-13-28-20)22(27)23-14-21(26)25-12-4-7-16-6-2-3-8-19(16)25/h2-3,5-6,8-11,13H,4,7,12,14H2,1H3,(H,23,27). The molecule has 1 aliphatic rings. The summed E-state index contributed by atoms with van der Waals surface area (Å²) < 4.78 is 0. The lowest BCUT2D eigenvalue weighted by molar-refractivity contribution is -0.117. The van der Waals surface area contributed by atoms with Crippen LogP contribution < -0.4 is 10.2 Å². The van der Waals surface area contributed by atoms with Crippen molar-refractivity contribution in [1.29, 1.82) is 0 Å². The highest BCUT2D eigenvalue weighted by atomic mass is 32.1. The molecule has 1 aromatic carbocycles. The third kappa shape index (κ3) is 3.68. The quantitative estimate of drug-likeness (QED) is 0.735. The maximum atomic E-state index is 12.7. The van der Waals surface area contributed by atoms with Gasteiger partial charge in [0.1, 0.15) is 0 Å². The number of carbonyl (C=O) groups is 2. The molecule has 0 saturated carbocycles. The smallest absolute Gasteiger partial charge is 0.253 e. The minimum absolute atomic E-state index is 0.0285. The summed E-state index contributed by atoms with van der Waals surface area (Å²) in [5.41, 5.74) is 4.13. The van der Waals surface area contributed by atoms with Crippen molar-refractivity contribution in [3.8, 4) is 10.6 Å². The van der Waals surface area contributed by atoms with Crippen LogP contribution in [-0.2, 0) is 11.2 Å². The van der Waals surface area contributed by atoms with Crippen molar-refractivity contribution in [3.05, 3.63) is 70.7 Å². The molecule has 0 atom stereocenters. The Morgan fingerprint density at radius 3 is 2.79 bits per heavy atom. The topological polar surface area (TPSA) is 62.3 Å². The molecule has 0 fully saturated rings. The van der Waals surface area contributed by atoms with E-state index in [1.54, 1.807) is 22.3 Å². The third-order valence-corrected chi connectivity index (χ3v) is 5.81. The number of carbonyl (C=O) groups excluding carboxylic acids is 2. The molecule has 0 bridgehead atoms. The lowest BCUT2D eigenvalue weighted by atomic mass is 10.0. The maximum Gasteiger partial charge on any atom is 0.253 e. The van der Waals surface area contributed by atoms with E-state index in [-0.39, 0.29) is 18.4 Å². The van der Waals surface area contributed by atoms with Crippen LogP contribution in [0, 0.1) is 6.92 Å². The molecule has 1 aliphatic heterocycles. The Morgan fingerprint density at radius 2 is 2.00 bits per heavy atom. The number of thiophene rings is 1. The fourth-order valence-corrected chi connectivity index (χ4v) is 4.20. The number of nitrogens with one attached hydrogen (secondary N) is 1. The van der Waals surface area contributed by atoms with Crippen LogP contribution in [-0.4, -0.2) is 29.9 Å². The van der Waals surface area contributed by atoms with E-state index in [1.165, 1.54) is 5.56 Å². The first-order valence-corrected chi connectivity index (χ1v) is 10.2. The van der Waals surface area contributed by atoms with Crippen molar-refractivity contribution in [2.75, 3.05) is 18.0 Å².